The van der Waals surface area contributed by atoms with E-state index in [-0.39, 0.29) is 30.0 Å². The number of benzene rings is 1. The summed E-state index contributed by atoms with van der Waals surface area (Å²) in [5.74, 6) is 0.382. The number of piperazine rings is 1. The molecule has 238 valence electrons. The molecule has 1 fully saturated rings. The van der Waals surface area contributed by atoms with Crippen molar-refractivity contribution >= 4 is 29.0 Å². The number of rotatable bonds is 6. The minimum absolute atomic E-state index is 0.0618. The summed E-state index contributed by atoms with van der Waals surface area (Å²) in [6, 6.07) is 12.8. The molecule has 1 aromatic carbocycles. The maximum Gasteiger partial charge on any atom is 0.276 e. The first kappa shape index (κ1) is 29.9. The zero-order chi connectivity index (χ0) is 32.1. The third-order valence-corrected chi connectivity index (χ3v) is 9.71. The first-order valence-corrected chi connectivity index (χ1v) is 15.9. The number of hydrogen-bond acceptors (Lipinski definition) is 7. The average Bonchev–Trinajstić information content (AvgIpc) is 3.45. The lowest BCUT2D eigenvalue weighted by Crippen LogP contribution is -2.48. The van der Waals surface area contributed by atoms with Gasteiger partial charge in [-0.2, -0.15) is 0 Å². The standard InChI is InChI=1S/C35H39N7O4/c1-38-14-15-39(2)35(46)31(38)22-8-10-25(11-9-22)37-28-18-24(20-40(3)33(28)44)26-12-13-36-32(27(26)21-43)42-17-16-41-29-7-5-4-6-23(29)19-30(41)34(42)45/h8-13,18-20,31,37,43H,4-7,14-17,21H2,1-3H3/t31-/m1/s1. The number of anilines is 3. The van der Waals surface area contributed by atoms with Crippen LogP contribution in [0.1, 0.15) is 51.8 Å². The number of aliphatic hydroxyl groups excluding tert-OH is 1. The van der Waals surface area contributed by atoms with Crippen LogP contribution in [0.5, 0.6) is 0 Å². The number of aryl methyl sites for hydroxylation is 2. The molecule has 3 aromatic heterocycles. The van der Waals surface area contributed by atoms with Crippen molar-refractivity contribution in [1.29, 1.82) is 0 Å². The lowest BCUT2D eigenvalue weighted by atomic mass is 9.98. The van der Waals surface area contributed by atoms with Crippen molar-refractivity contribution in [1.82, 2.24) is 23.9 Å². The van der Waals surface area contributed by atoms with Crippen molar-refractivity contribution in [2.24, 2.45) is 7.05 Å². The summed E-state index contributed by atoms with van der Waals surface area (Å²) >= 11 is 0. The smallest absolute Gasteiger partial charge is 0.276 e. The molecule has 1 aliphatic carbocycles. The van der Waals surface area contributed by atoms with Gasteiger partial charge in [0.1, 0.15) is 23.2 Å². The highest BCUT2D eigenvalue weighted by Gasteiger charge is 2.33. The predicted octanol–water partition coefficient (Wildman–Crippen LogP) is 3.47. The van der Waals surface area contributed by atoms with Crippen molar-refractivity contribution in [2.45, 2.75) is 44.9 Å². The number of carbonyl (C=O) groups is 2. The lowest BCUT2D eigenvalue weighted by Gasteiger charge is -2.37. The van der Waals surface area contributed by atoms with E-state index in [1.807, 2.05) is 49.3 Å². The Hall–Kier alpha value is -4.74. The van der Waals surface area contributed by atoms with Gasteiger partial charge in [0.2, 0.25) is 5.91 Å². The fourth-order valence-electron chi connectivity index (χ4n) is 7.17. The van der Waals surface area contributed by atoms with E-state index in [1.54, 1.807) is 41.4 Å². The summed E-state index contributed by atoms with van der Waals surface area (Å²) in [4.78, 5) is 49.9. The first-order valence-electron chi connectivity index (χ1n) is 15.9. The number of fused-ring (bicyclic) bond motifs is 3. The minimum Gasteiger partial charge on any atom is -0.392 e. The SMILES string of the molecule is CN1CCN(C)[C@H](c2ccc(Nc3cc(-c4ccnc(N5CCn6c(cc7c6CCCC7)C5=O)c4CO)cn(C)c3=O)cc2)C1=O. The molecule has 3 aliphatic rings. The van der Waals surface area contributed by atoms with E-state index >= 15 is 0 Å². The van der Waals surface area contributed by atoms with E-state index in [4.69, 9.17) is 0 Å². The van der Waals surface area contributed by atoms with E-state index in [0.29, 0.717) is 59.2 Å². The second-order valence-electron chi connectivity index (χ2n) is 12.6. The predicted molar refractivity (Wildman–Crippen MR) is 176 cm³/mol. The van der Waals surface area contributed by atoms with Crippen LogP contribution in [0.15, 0.2) is 59.7 Å². The number of nitrogens with zero attached hydrogens (tertiary/aromatic N) is 6. The molecule has 2 N–H and O–H groups in total. The highest BCUT2D eigenvalue weighted by atomic mass is 16.3. The molecule has 5 heterocycles. The number of hydrogen-bond donors (Lipinski definition) is 2. The molecule has 46 heavy (non-hydrogen) atoms. The fourth-order valence-corrected chi connectivity index (χ4v) is 7.17. The zero-order valence-electron chi connectivity index (χ0n) is 26.5. The van der Waals surface area contributed by atoms with Gasteiger partial charge in [0.05, 0.1) is 6.61 Å². The molecule has 11 nitrogen and oxygen atoms in total. The van der Waals surface area contributed by atoms with Gasteiger partial charge >= 0.3 is 0 Å². The summed E-state index contributed by atoms with van der Waals surface area (Å²) in [5.41, 5.74) is 6.89. The summed E-state index contributed by atoms with van der Waals surface area (Å²) in [7, 11) is 5.46. The Bertz CT molecular complexity index is 1890. The Kier molecular flexibility index (Phi) is 7.74. The van der Waals surface area contributed by atoms with Crippen LogP contribution in [0.3, 0.4) is 0 Å². The molecular formula is C35H39N7O4. The Labute approximate surface area is 267 Å². The van der Waals surface area contributed by atoms with Gasteiger partial charge in [0.25, 0.3) is 11.5 Å². The molecule has 0 spiro atoms. The zero-order valence-corrected chi connectivity index (χ0v) is 26.5. The Morgan fingerprint density at radius 2 is 1.72 bits per heavy atom. The Morgan fingerprint density at radius 1 is 0.935 bits per heavy atom. The number of likely N-dealkylation sites (N-methyl/N-ethyl adjacent to an activating group) is 2. The van der Waals surface area contributed by atoms with Crippen LogP contribution in [0.4, 0.5) is 17.2 Å². The van der Waals surface area contributed by atoms with Crippen LogP contribution in [0.2, 0.25) is 0 Å². The number of aliphatic hydroxyl groups is 1. The molecule has 11 heteroatoms. The number of nitrogens with one attached hydrogen (secondary N) is 1. The van der Waals surface area contributed by atoms with E-state index in [1.165, 1.54) is 15.8 Å². The average molecular weight is 622 g/mol. The third kappa shape index (κ3) is 5.09. The van der Waals surface area contributed by atoms with Crippen molar-refractivity contribution in [3.8, 4) is 11.1 Å². The molecule has 0 unspecified atom stereocenters. The largest absolute Gasteiger partial charge is 0.392 e. The normalized spacial score (nSPS) is 18.5. The van der Waals surface area contributed by atoms with Crippen LogP contribution in [0.25, 0.3) is 11.1 Å². The molecule has 0 saturated carbocycles. The van der Waals surface area contributed by atoms with Crippen molar-refractivity contribution in [2.75, 3.05) is 43.9 Å². The summed E-state index contributed by atoms with van der Waals surface area (Å²) in [6.45, 7) is 2.32. The summed E-state index contributed by atoms with van der Waals surface area (Å²) in [6.07, 6.45) is 7.67. The van der Waals surface area contributed by atoms with Gasteiger partial charge in [-0.25, -0.2) is 4.98 Å². The summed E-state index contributed by atoms with van der Waals surface area (Å²) < 4.78 is 3.67. The van der Waals surface area contributed by atoms with E-state index in [0.717, 1.165) is 37.8 Å². The van der Waals surface area contributed by atoms with Crippen LogP contribution >= 0.6 is 0 Å². The molecular weight excluding hydrogens is 582 g/mol. The second kappa shape index (κ2) is 11.9. The van der Waals surface area contributed by atoms with Gasteiger partial charge < -0.3 is 24.5 Å². The number of amides is 2. The maximum atomic E-state index is 13.8. The van der Waals surface area contributed by atoms with E-state index in [9.17, 15) is 19.5 Å². The van der Waals surface area contributed by atoms with E-state index < -0.39 is 0 Å². The molecule has 1 atom stereocenters. The third-order valence-electron chi connectivity index (χ3n) is 9.71. The molecule has 0 bridgehead atoms. The molecule has 2 aliphatic heterocycles. The number of aromatic nitrogens is 3. The van der Waals surface area contributed by atoms with Crippen molar-refractivity contribution in [3.63, 3.8) is 0 Å². The molecule has 1 saturated heterocycles. The van der Waals surface area contributed by atoms with Gasteiger partial charge in [-0.1, -0.05) is 12.1 Å². The van der Waals surface area contributed by atoms with Crippen LogP contribution < -0.4 is 15.8 Å². The van der Waals surface area contributed by atoms with Crippen LogP contribution in [-0.4, -0.2) is 74.6 Å². The minimum atomic E-state index is -0.344. The summed E-state index contributed by atoms with van der Waals surface area (Å²) in [5, 5.41) is 13.9. The second-order valence-corrected chi connectivity index (χ2v) is 12.6. The van der Waals surface area contributed by atoms with Gasteiger partial charge in [-0.05, 0) is 79.8 Å². The Balaban J connectivity index is 1.19. The first-order chi connectivity index (χ1) is 22.2. The molecule has 7 rings (SSSR count). The Morgan fingerprint density at radius 3 is 2.50 bits per heavy atom. The van der Waals surface area contributed by atoms with Crippen molar-refractivity contribution < 1.29 is 14.7 Å². The van der Waals surface area contributed by atoms with Crippen molar-refractivity contribution in [3.05, 3.63) is 93.3 Å². The van der Waals surface area contributed by atoms with Gasteiger partial charge in [0.15, 0.2) is 0 Å². The monoisotopic (exact) mass is 621 g/mol. The number of pyridine rings is 2. The maximum absolute atomic E-state index is 13.8. The lowest BCUT2D eigenvalue weighted by molar-refractivity contribution is -0.139. The van der Waals surface area contributed by atoms with Crippen LogP contribution in [0, 0.1) is 0 Å². The highest BCUT2D eigenvalue weighted by molar-refractivity contribution is 6.06. The highest BCUT2D eigenvalue weighted by Crippen LogP contribution is 2.35. The molecule has 4 aromatic rings. The van der Waals surface area contributed by atoms with Gasteiger partial charge in [-0.15, -0.1) is 0 Å². The van der Waals surface area contributed by atoms with Gasteiger partial charge in [0, 0.05) is 75.2 Å². The quantitative estimate of drug-likeness (QED) is 0.339. The molecule has 0 radical (unpaired) electrons. The van der Waals surface area contributed by atoms with Gasteiger partial charge in [-0.3, -0.25) is 24.2 Å². The van der Waals surface area contributed by atoms with E-state index in [2.05, 4.69) is 14.9 Å². The topological polar surface area (TPSA) is 116 Å². The molecule has 2 amide bonds. The fraction of sp³-hybridized carbons (Fsp3) is 0.371. The number of carbonyl (C=O) groups excluding carboxylic acids is 2. The van der Waals surface area contributed by atoms with Crippen LogP contribution in [-0.2, 0) is 37.8 Å².